The van der Waals surface area contributed by atoms with Crippen LogP contribution in [0, 0.1) is 6.92 Å². The van der Waals surface area contributed by atoms with Crippen molar-refractivity contribution in [1.82, 2.24) is 5.32 Å². The highest BCUT2D eigenvalue weighted by molar-refractivity contribution is 4.57. The van der Waals surface area contributed by atoms with Crippen LogP contribution in [0.3, 0.4) is 0 Å². The summed E-state index contributed by atoms with van der Waals surface area (Å²) < 4.78 is 0. The van der Waals surface area contributed by atoms with Gasteiger partial charge in [-0.25, -0.2) is 0 Å². The molecule has 2 nitrogen and oxygen atoms in total. The quantitative estimate of drug-likeness (QED) is 0.495. The van der Waals surface area contributed by atoms with Gasteiger partial charge in [0.25, 0.3) is 0 Å². The molecule has 0 aliphatic heterocycles. The summed E-state index contributed by atoms with van der Waals surface area (Å²) in [5.74, 6) is 0. The van der Waals surface area contributed by atoms with Crippen LogP contribution < -0.4 is 11.1 Å². The molecular weight excluding hydrogens is 88.1 g/mol. The summed E-state index contributed by atoms with van der Waals surface area (Å²) in [6.07, 6.45) is 1.02. The predicted molar refractivity (Wildman–Crippen MR) is 31.6 cm³/mol. The minimum atomic E-state index is -0.0973. The normalized spacial score (nSPS) is 14.1. The zero-order valence-electron chi connectivity index (χ0n) is 4.78. The van der Waals surface area contributed by atoms with E-state index in [1.807, 2.05) is 0 Å². The van der Waals surface area contributed by atoms with Gasteiger partial charge in [-0.3, -0.25) is 0 Å². The van der Waals surface area contributed by atoms with Crippen molar-refractivity contribution < 1.29 is 0 Å². The van der Waals surface area contributed by atoms with E-state index in [1.165, 1.54) is 0 Å². The van der Waals surface area contributed by atoms with Gasteiger partial charge in [0.2, 0.25) is 0 Å². The lowest BCUT2D eigenvalue weighted by molar-refractivity contribution is 0.602. The van der Waals surface area contributed by atoms with Crippen molar-refractivity contribution in [2.24, 2.45) is 5.73 Å². The van der Waals surface area contributed by atoms with Crippen molar-refractivity contribution in [2.45, 2.75) is 19.5 Å². The summed E-state index contributed by atoms with van der Waals surface area (Å²) in [6, 6.07) is 0. The van der Waals surface area contributed by atoms with Gasteiger partial charge in [-0.05, 0) is 19.9 Å². The van der Waals surface area contributed by atoms with Crippen LogP contribution in [0.5, 0.6) is 0 Å². The number of rotatable bonds is 3. The third-order valence-corrected chi connectivity index (χ3v) is 0.657. The first-order valence-corrected chi connectivity index (χ1v) is 2.59. The molecular formula is C5H13N2. The summed E-state index contributed by atoms with van der Waals surface area (Å²) in [6.45, 7) is 6.60. The molecule has 0 saturated carbocycles. The number of hydrogen-bond donors (Lipinski definition) is 2. The van der Waals surface area contributed by atoms with Crippen molar-refractivity contribution in [3.63, 3.8) is 0 Å². The molecule has 1 radical (unpaired) electrons. The molecule has 7 heavy (non-hydrogen) atoms. The standard InChI is InChI=1S/C5H13N2/c1-3-4-7-5(2)6/h5,7H,2-4,6H2,1H3. The van der Waals surface area contributed by atoms with Crippen LogP contribution in [0.1, 0.15) is 13.3 Å². The fourth-order valence-corrected chi connectivity index (χ4v) is 0.330. The SMILES string of the molecule is [CH2]C(N)NCCC. The van der Waals surface area contributed by atoms with Gasteiger partial charge in [-0.1, -0.05) is 6.92 Å². The minimum absolute atomic E-state index is 0.0973. The Bertz CT molecular complexity index is 35.1. The first-order valence-electron chi connectivity index (χ1n) is 2.59. The minimum Gasteiger partial charge on any atom is -0.316 e. The summed E-state index contributed by atoms with van der Waals surface area (Å²) >= 11 is 0. The van der Waals surface area contributed by atoms with E-state index in [0.29, 0.717) is 0 Å². The molecule has 43 valence electrons. The lowest BCUT2D eigenvalue weighted by atomic mass is 10.4. The predicted octanol–water partition coefficient (Wildman–Crippen LogP) is 0.105. The van der Waals surface area contributed by atoms with Gasteiger partial charge in [-0.2, -0.15) is 0 Å². The molecule has 0 bridgehead atoms. The van der Waals surface area contributed by atoms with E-state index in [1.54, 1.807) is 0 Å². The zero-order valence-corrected chi connectivity index (χ0v) is 4.78. The molecule has 0 amide bonds. The van der Waals surface area contributed by atoms with E-state index in [0.717, 1.165) is 13.0 Å². The molecule has 0 aliphatic carbocycles. The van der Waals surface area contributed by atoms with Crippen molar-refractivity contribution in [3.05, 3.63) is 6.92 Å². The van der Waals surface area contributed by atoms with Gasteiger partial charge >= 0.3 is 0 Å². The lowest BCUT2D eigenvalue weighted by Gasteiger charge is -2.03. The molecule has 1 atom stereocenters. The van der Waals surface area contributed by atoms with Crippen LogP contribution in [0.4, 0.5) is 0 Å². The third kappa shape index (κ3) is 5.92. The summed E-state index contributed by atoms with van der Waals surface area (Å²) in [5.41, 5.74) is 5.26. The van der Waals surface area contributed by atoms with E-state index in [4.69, 9.17) is 5.73 Å². The van der Waals surface area contributed by atoms with Gasteiger partial charge in [0.1, 0.15) is 0 Å². The Morgan fingerprint density at radius 1 is 1.86 bits per heavy atom. The van der Waals surface area contributed by atoms with E-state index in [-0.39, 0.29) is 6.17 Å². The second-order valence-corrected chi connectivity index (χ2v) is 1.56. The highest BCUT2D eigenvalue weighted by Gasteiger charge is 1.85. The van der Waals surface area contributed by atoms with Gasteiger partial charge in [0.05, 0.1) is 6.17 Å². The van der Waals surface area contributed by atoms with Crippen LogP contribution in [0.25, 0.3) is 0 Å². The van der Waals surface area contributed by atoms with Crippen molar-refractivity contribution in [3.8, 4) is 0 Å². The van der Waals surface area contributed by atoms with E-state index < -0.39 is 0 Å². The first kappa shape index (κ1) is 6.92. The third-order valence-electron chi connectivity index (χ3n) is 0.657. The fraction of sp³-hybridized carbons (Fsp3) is 0.800. The number of nitrogens with one attached hydrogen (secondary N) is 1. The number of nitrogens with two attached hydrogens (primary N) is 1. The highest BCUT2D eigenvalue weighted by Crippen LogP contribution is 1.69. The average molecular weight is 101 g/mol. The molecule has 0 aromatic heterocycles. The van der Waals surface area contributed by atoms with Gasteiger partial charge in [0, 0.05) is 0 Å². The monoisotopic (exact) mass is 101 g/mol. The molecule has 0 rings (SSSR count). The Labute approximate surface area is 45.1 Å². The summed E-state index contributed by atoms with van der Waals surface area (Å²) in [4.78, 5) is 0. The number of hydrogen-bond acceptors (Lipinski definition) is 2. The molecule has 0 fully saturated rings. The van der Waals surface area contributed by atoms with Crippen molar-refractivity contribution in [1.29, 1.82) is 0 Å². The molecule has 0 aromatic carbocycles. The molecule has 2 heteroatoms. The Hall–Kier alpha value is -0.0800. The van der Waals surface area contributed by atoms with Crippen LogP contribution in [0.15, 0.2) is 0 Å². The topological polar surface area (TPSA) is 38.0 Å². The molecule has 0 saturated heterocycles. The Balaban J connectivity index is 2.68. The Morgan fingerprint density at radius 3 is 2.57 bits per heavy atom. The molecule has 1 unspecified atom stereocenters. The van der Waals surface area contributed by atoms with Crippen molar-refractivity contribution in [2.75, 3.05) is 6.54 Å². The lowest BCUT2D eigenvalue weighted by Crippen LogP contribution is -2.34. The van der Waals surface area contributed by atoms with Crippen LogP contribution >= 0.6 is 0 Å². The maximum atomic E-state index is 5.26. The van der Waals surface area contributed by atoms with Crippen LogP contribution in [-0.2, 0) is 0 Å². The molecule has 0 aliphatic rings. The van der Waals surface area contributed by atoms with Gasteiger partial charge in [0.15, 0.2) is 0 Å². The van der Waals surface area contributed by atoms with E-state index in [2.05, 4.69) is 19.2 Å². The molecule has 0 heterocycles. The second-order valence-electron chi connectivity index (χ2n) is 1.56. The highest BCUT2D eigenvalue weighted by atomic mass is 15.0. The average Bonchev–Trinajstić information content (AvgIpc) is 1.61. The van der Waals surface area contributed by atoms with Gasteiger partial charge in [-0.15, -0.1) is 0 Å². The molecule has 3 N–H and O–H groups in total. The van der Waals surface area contributed by atoms with E-state index in [9.17, 15) is 0 Å². The fourth-order valence-electron chi connectivity index (χ4n) is 0.330. The molecule has 0 spiro atoms. The maximum absolute atomic E-state index is 5.26. The van der Waals surface area contributed by atoms with E-state index >= 15 is 0 Å². The Morgan fingerprint density at radius 2 is 2.43 bits per heavy atom. The van der Waals surface area contributed by atoms with Crippen molar-refractivity contribution >= 4 is 0 Å². The first-order chi connectivity index (χ1) is 3.27. The van der Waals surface area contributed by atoms with Crippen LogP contribution in [-0.4, -0.2) is 12.7 Å². The summed E-state index contributed by atoms with van der Waals surface area (Å²) in [5, 5.41) is 2.96. The molecule has 0 aromatic rings. The van der Waals surface area contributed by atoms with Gasteiger partial charge < -0.3 is 11.1 Å². The smallest absolute Gasteiger partial charge is 0.0547 e. The zero-order chi connectivity index (χ0) is 5.70. The largest absolute Gasteiger partial charge is 0.316 e. The second kappa shape index (κ2) is 4.09. The maximum Gasteiger partial charge on any atom is 0.0547 e. The van der Waals surface area contributed by atoms with Crippen LogP contribution in [0.2, 0.25) is 0 Å². The summed E-state index contributed by atoms with van der Waals surface area (Å²) in [7, 11) is 0. The Kier molecular flexibility index (Phi) is 4.04.